The normalized spacial score (nSPS) is 16.5. The Bertz CT molecular complexity index is 750. The van der Waals surface area contributed by atoms with Crippen molar-refractivity contribution in [2.45, 2.75) is 62.4 Å². The lowest BCUT2D eigenvalue weighted by Crippen LogP contribution is -2.42. The second-order valence-electron chi connectivity index (χ2n) is 7.23. The number of hydrogen-bond acceptors (Lipinski definition) is 4. The lowest BCUT2D eigenvalue weighted by molar-refractivity contribution is -0.131. The predicted octanol–water partition coefficient (Wildman–Crippen LogP) is 4.06. The first kappa shape index (κ1) is 19.0. The Labute approximate surface area is 160 Å². The summed E-state index contributed by atoms with van der Waals surface area (Å²) < 4.78 is 1.97. The van der Waals surface area contributed by atoms with Crippen LogP contribution in [0.15, 0.2) is 29.4 Å². The molecule has 1 unspecified atom stereocenters. The second-order valence-corrected chi connectivity index (χ2v) is 8.54. The molecule has 1 aromatic carbocycles. The van der Waals surface area contributed by atoms with Gasteiger partial charge in [-0.15, -0.1) is 10.2 Å². The van der Waals surface area contributed by atoms with E-state index in [1.807, 2.05) is 30.5 Å². The minimum absolute atomic E-state index is 0.171. The Morgan fingerprint density at radius 2 is 1.85 bits per heavy atom. The quantitative estimate of drug-likeness (QED) is 0.743. The SMILES string of the molecule is Cc1ccc(-c2nnc(SC(C)C(=O)N(C)C3CCCCC3)n2C)cc1. The molecule has 0 radical (unpaired) electrons. The monoisotopic (exact) mass is 372 g/mol. The van der Waals surface area contributed by atoms with Crippen molar-refractivity contribution in [3.05, 3.63) is 29.8 Å². The van der Waals surface area contributed by atoms with Gasteiger partial charge in [0.2, 0.25) is 5.91 Å². The summed E-state index contributed by atoms with van der Waals surface area (Å²) in [5, 5.41) is 9.25. The second kappa shape index (κ2) is 8.25. The molecule has 3 rings (SSSR count). The largest absolute Gasteiger partial charge is 0.342 e. The molecule has 0 bridgehead atoms. The van der Waals surface area contributed by atoms with Gasteiger partial charge in [0.15, 0.2) is 11.0 Å². The Hall–Kier alpha value is -1.82. The smallest absolute Gasteiger partial charge is 0.235 e. The number of nitrogens with zero attached hydrogens (tertiary/aromatic N) is 4. The van der Waals surface area contributed by atoms with Gasteiger partial charge in [0.05, 0.1) is 5.25 Å². The van der Waals surface area contributed by atoms with Crippen LogP contribution in [0.4, 0.5) is 0 Å². The zero-order valence-electron chi connectivity index (χ0n) is 16.1. The van der Waals surface area contributed by atoms with E-state index < -0.39 is 0 Å². The third kappa shape index (κ3) is 4.11. The molecule has 1 aliphatic rings. The van der Waals surface area contributed by atoms with Crippen LogP contribution in [0.2, 0.25) is 0 Å². The van der Waals surface area contributed by atoms with Gasteiger partial charge < -0.3 is 9.47 Å². The van der Waals surface area contributed by atoms with Gasteiger partial charge in [-0.2, -0.15) is 0 Å². The molecule has 0 spiro atoms. The van der Waals surface area contributed by atoms with E-state index in [4.69, 9.17) is 0 Å². The molecule has 1 atom stereocenters. The highest BCUT2D eigenvalue weighted by atomic mass is 32.2. The van der Waals surface area contributed by atoms with Crippen molar-refractivity contribution in [2.24, 2.45) is 7.05 Å². The number of benzene rings is 1. The highest BCUT2D eigenvalue weighted by Crippen LogP contribution is 2.28. The predicted molar refractivity (Wildman–Crippen MR) is 106 cm³/mol. The number of thioether (sulfide) groups is 1. The van der Waals surface area contributed by atoms with Gasteiger partial charge in [-0.25, -0.2) is 0 Å². The summed E-state index contributed by atoms with van der Waals surface area (Å²) in [4.78, 5) is 14.8. The van der Waals surface area contributed by atoms with E-state index in [1.165, 1.54) is 36.6 Å². The molecule has 1 saturated carbocycles. The van der Waals surface area contributed by atoms with Crippen molar-refractivity contribution in [2.75, 3.05) is 7.05 Å². The summed E-state index contributed by atoms with van der Waals surface area (Å²) >= 11 is 1.49. The van der Waals surface area contributed by atoms with Gasteiger partial charge in [0.25, 0.3) is 0 Å². The van der Waals surface area contributed by atoms with Crippen molar-refractivity contribution in [1.29, 1.82) is 0 Å². The summed E-state index contributed by atoms with van der Waals surface area (Å²) in [6.07, 6.45) is 6.01. The van der Waals surface area contributed by atoms with Gasteiger partial charge in [-0.3, -0.25) is 4.79 Å². The Morgan fingerprint density at radius 3 is 2.50 bits per heavy atom. The minimum Gasteiger partial charge on any atom is -0.342 e. The van der Waals surface area contributed by atoms with Crippen LogP contribution in [-0.4, -0.2) is 43.9 Å². The minimum atomic E-state index is -0.171. The van der Waals surface area contributed by atoms with Crippen molar-refractivity contribution < 1.29 is 4.79 Å². The molecule has 1 amide bonds. The number of carbonyl (C=O) groups excluding carboxylic acids is 1. The van der Waals surface area contributed by atoms with Crippen LogP contribution in [0, 0.1) is 6.92 Å². The summed E-state index contributed by atoms with van der Waals surface area (Å²) in [5.74, 6) is 1.01. The van der Waals surface area contributed by atoms with Crippen LogP contribution in [-0.2, 0) is 11.8 Å². The Kier molecular flexibility index (Phi) is 6.01. The fourth-order valence-corrected chi connectivity index (χ4v) is 4.43. The zero-order valence-corrected chi connectivity index (χ0v) is 16.9. The number of aromatic nitrogens is 3. The van der Waals surface area contributed by atoms with Crippen molar-refractivity contribution in [3.63, 3.8) is 0 Å². The van der Waals surface area contributed by atoms with Crippen LogP contribution in [0.5, 0.6) is 0 Å². The van der Waals surface area contributed by atoms with E-state index in [9.17, 15) is 4.79 Å². The van der Waals surface area contributed by atoms with Gasteiger partial charge in [0.1, 0.15) is 0 Å². The van der Waals surface area contributed by atoms with Crippen molar-refractivity contribution >= 4 is 17.7 Å². The van der Waals surface area contributed by atoms with E-state index in [0.29, 0.717) is 6.04 Å². The van der Waals surface area contributed by atoms with Gasteiger partial charge in [0, 0.05) is 25.7 Å². The van der Waals surface area contributed by atoms with Gasteiger partial charge in [-0.05, 0) is 26.7 Å². The van der Waals surface area contributed by atoms with Gasteiger partial charge in [-0.1, -0.05) is 60.9 Å². The molecule has 26 heavy (non-hydrogen) atoms. The molecule has 140 valence electrons. The topological polar surface area (TPSA) is 51.0 Å². The number of rotatable bonds is 5. The molecule has 1 fully saturated rings. The molecule has 0 aliphatic heterocycles. The highest BCUT2D eigenvalue weighted by Gasteiger charge is 2.27. The van der Waals surface area contributed by atoms with E-state index in [1.54, 1.807) is 0 Å². The summed E-state index contributed by atoms with van der Waals surface area (Å²) in [5.41, 5.74) is 2.26. The molecule has 2 aromatic rings. The number of aryl methyl sites for hydroxylation is 1. The number of carbonyl (C=O) groups is 1. The third-order valence-electron chi connectivity index (χ3n) is 5.24. The Morgan fingerprint density at radius 1 is 1.19 bits per heavy atom. The maximum atomic E-state index is 12.8. The summed E-state index contributed by atoms with van der Waals surface area (Å²) in [6.45, 7) is 4.03. The van der Waals surface area contributed by atoms with E-state index >= 15 is 0 Å². The molecule has 1 aliphatic carbocycles. The van der Waals surface area contributed by atoms with Crippen molar-refractivity contribution in [3.8, 4) is 11.4 Å². The van der Waals surface area contributed by atoms with Gasteiger partial charge >= 0.3 is 0 Å². The van der Waals surface area contributed by atoms with E-state index in [-0.39, 0.29) is 11.2 Å². The molecule has 0 saturated heterocycles. The fraction of sp³-hybridized carbons (Fsp3) is 0.550. The standard InChI is InChI=1S/C20H28N4OS/c1-14-10-12-16(13-11-14)18-21-22-20(24(18)4)26-15(2)19(25)23(3)17-8-6-5-7-9-17/h10-13,15,17H,5-9H2,1-4H3. The number of hydrogen-bond donors (Lipinski definition) is 0. The first-order valence-corrected chi connectivity index (χ1v) is 10.2. The first-order chi connectivity index (χ1) is 12.5. The lowest BCUT2D eigenvalue weighted by atomic mass is 9.94. The lowest BCUT2D eigenvalue weighted by Gasteiger charge is -2.32. The molecule has 5 nitrogen and oxygen atoms in total. The van der Waals surface area contributed by atoms with Crippen molar-refractivity contribution in [1.82, 2.24) is 19.7 Å². The summed E-state index contributed by atoms with van der Waals surface area (Å²) in [7, 11) is 3.91. The third-order valence-corrected chi connectivity index (χ3v) is 6.37. The van der Waals surface area contributed by atoms with Crippen LogP contribution >= 0.6 is 11.8 Å². The fourth-order valence-electron chi connectivity index (χ4n) is 3.52. The molecular weight excluding hydrogens is 344 g/mol. The number of amides is 1. The summed E-state index contributed by atoms with van der Waals surface area (Å²) in [6, 6.07) is 8.64. The van der Waals surface area contributed by atoms with Crippen LogP contribution in [0.1, 0.15) is 44.6 Å². The molecule has 6 heteroatoms. The maximum Gasteiger partial charge on any atom is 0.235 e. The van der Waals surface area contributed by atoms with E-state index in [0.717, 1.165) is 29.4 Å². The highest BCUT2D eigenvalue weighted by molar-refractivity contribution is 8.00. The van der Waals surface area contributed by atoms with Crippen LogP contribution in [0.3, 0.4) is 0 Å². The Balaban J connectivity index is 1.68. The zero-order chi connectivity index (χ0) is 18.7. The molecule has 1 heterocycles. The maximum absolute atomic E-state index is 12.8. The van der Waals surface area contributed by atoms with Crippen LogP contribution in [0.25, 0.3) is 11.4 Å². The molecular formula is C20H28N4OS. The van der Waals surface area contributed by atoms with E-state index in [2.05, 4.69) is 41.4 Å². The average molecular weight is 373 g/mol. The average Bonchev–Trinajstić information content (AvgIpc) is 3.02. The molecule has 1 aromatic heterocycles. The molecule has 0 N–H and O–H groups in total. The van der Waals surface area contributed by atoms with Crippen LogP contribution < -0.4 is 0 Å². The first-order valence-electron chi connectivity index (χ1n) is 9.37.